The van der Waals surface area contributed by atoms with Crippen LogP contribution >= 0.6 is 11.8 Å². The SMILES string of the molecule is COc1cccc(NCc2nnc(SCC(=O)c3cc(C)n(C)c3C)n2C2CCCCC2)c1. The maximum absolute atomic E-state index is 13.0. The Labute approximate surface area is 199 Å². The normalized spacial score (nSPS) is 14.4. The molecule has 1 aromatic carbocycles. The van der Waals surface area contributed by atoms with Crippen molar-refractivity contribution in [1.82, 2.24) is 19.3 Å². The van der Waals surface area contributed by atoms with Crippen LogP contribution in [0.5, 0.6) is 5.75 Å². The molecule has 176 valence electrons. The van der Waals surface area contributed by atoms with Crippen molar-refractivity contribution < 1.29 is 9.53 Å². The number of hydrogen-bond donors (Lipinski definition) is 1. The monoisotopic (exact) mass is 467 g/mol. The van der Waals surface area contributed by atoms with Gasteiger partial charge < -0.3 is 19.2 Å². The first-order chi connectivity index (χ1) is 16.0. The van der Waals surface area contributed by atoms with E-state index in [0.717, 1.165) is 52.2 Å². The molecule has 1 aliphatic carbocycles. The lowest BCUT2D eigenvalue weighted by Gasteiger charge is -2.25. The minimum absolute atomic E-state index is 0.135. The van der Waals surface area contributed by atoms with Crippen molar-refractivity contribution in [1.29, 1.82) is 0 Å². The summed E-state index contributed by atoms with van der Waals surface area (Å²) in [5, 5.41) is 13.3. The van der Waals surface area contributed by atoms with Crippen molar-refractivity contribution in [2.45, 2.75) is 63.7 Å². The number of methoxy groups -OCH3 is 1. The Morgan fingerprint density at radius 1 is 1.18 bits per heavy atom. The lowest BCUT2D eigenvalue weighted by molar-refractivity contribution is 0.102. The summed E-state index contributed by atoms with van der Waals surface area (Å²) >= 11 is 1.50. The fraction of sp³-hybridized carbons (Fsp3) is 0.480. The maximum atomic E-state index is 13.0. The first-order valence-electron chi connectivity index (χ1n) is 11.6. The molecule has 4 rings (SSSR count). The quantitative estimate of drug-likeness (QED) is 0.338. The van der Waals surface area contributed by atoms with Crippen LogP contribution in [0.25, 0.3) is 0 Å². The van der Waals surface area contributed by atoms with Crippen LogP contribution in [0.3, 0.4) is 0 Å². The molecule has 7 nitrogen and oxygen atoms in total. The minimum atomic E-state index is 0.135. The molecule has 0 atom stereocenters. The molecule has 8 heteroatoms. The number of anilines is 1. The second-order valence-electron chi connectivity index (χ2n) is 8.70. The Morgan fingerprint density at radius 3 is 2.67 bits per heavy atom. The van der Waals surface area contributed by atoms with E-state index in [1.807, 2.05) is 51.2 Å². The molecule has 2 aromatic heterocycles. The van der Waals surface area contributed by atoms with E-state index in [-0.39, 0.29) is 5.78 Å². The fourth-order valence-electron chi connectivity index (χ4n) is 4.49. The fourth-order valence-corrected chi connectivity index (χ4v) is 5.40. The van der Waals surface area contributed by atoms with E-state index in [1.165, 1.54) is 31.0 Å². The molecule has 1 N–H and O–H groups in total. The second-order valence-corrected chi connectivity index (χ2v) is 9.64. The molecule has 2 heterocycles. The molecule has 0 bridgehead atoms. The molecule has 33 heavy (non-hydrogen) atoms. The number of nitrogens with zero attached hydrogens (tertiary/aromatic N) is 4. The topological polar surface area (TPSA) is 74.0 Å². The summed E-state index contributed by atoms with van der Waals surface area (Å²) in [4.78, 5) is 13.0. The van der Waals surface area contributed by atoms with Gasteiger partial charge in [-0.15, -0.1) is 10.2 Å². The van der Waals surface area contributed by atoms with Gasteiger partial charge in [0, 0.05) is 41.8 Å². The first-order valence-corrected chi connectivity index (χ1v) is 12.6. The summed E-state index contributed by atoms with van der Waals surface area (Å²) < 4.78 is 9.66. The van der Waals surface area contributed by atoms with Gasteiger partial charge in [-0.2, -0.15) is 0 Å². The highest BCUT2D eigenvalue weighted by molar-refractivity contribution is 7.99. The largest absolute Gasteiger partial charge is 0.497 e. The van der Waals surface area contributed by atoms with Gasteiger partial charge in [0.25, 0.3) is 0 Å². The number of carbonyl (C=O) groups is 1. The zero-order valence-corrected chi connectivity index (χ0v) is 20.7. The number of rotatable bonds is 9. The van der Waals surface area contributed by atoms with Gasteiger partial charge in [0.05, 0.1) is 19.4 Å². The van der Waals surface area contributed by atoms with Crippen LogP contribution in [0.15, 0.2) is 35.5 Å². The predicted molar refractivity (Wildman–Crippen MR) is 132 cm³/mol. The number of hydrogen-bond acceptors (Lipinski definition) is 6. The van der Waals surface area contributed by atoms with Gasteiger partial charge in [-0.1, -0.05) is 37.1 Å². The van der Waals surface area contributed by atoms with E-state index in [4.69, 9.17) is 4.74 Å². The number of ether oxygens (including phenoxy) is 1. The highest BCUT2D eigenvalue weighted by Crippen LogP contribution is 2.33. The van der Waals surface area contributed by atoms with Crippen LogP contribution < -0.4 is 10.1 Å². The van der Waals surface area contributed by atoms with E-state index in [9.17, 15) is 4.79 Å². The highest BCUT2D eigenvalue weighted by Gasteiger charge is 2.24. The van der Waals surface area contributed by atoms with Gasteiger partial charge in [-0.3, -0.25) is 4.79 Å². The van der Waals surface area contributed by atoms with Gasteiger partial charge in [-0.05, 0) is 44.9 Å². The van der Waals surface area contributed by atoms with E-state index in [1.54, 1.807) is 7.11 Å². The molecule has 1 aliphatic rings. The zero-order chi connectivity index (χ0) is 23.4. The van der Waals surface area contributed by atoms with Crippen LogP contribution in [-0.4, -0.2) is 38.0 Å². The Balaban J connectivity index is 1.51. The van der Waals surface area contributed by atoms with Crippen LogP contribution in [0.1, 0.15) is 65.7 Å². The zero-order valence-electron chi connectivity index (χ0n) is 19.9. The molecular weight excluding hydrogens is 434 g/mol. The Morgan fingerprint density at radius 2 is 1.97 bits per heavy atom. The van der Waals surface area contributed by atoms with Crippen LogP contribution in [0, 0.1) is 13.8 Å². The lowest BCUT2D eigenvalue weighted by atomic mass is 9.95. The van der Waals surface area contributed by atoms with Gasteiger partial charge in [0.2, 0.25) is 0 Å². The average molecular weight is 468 g/mol. The van der Waals surface area contributed by atoms with Crippen molar-refractivity contribution in [3.63, 3.8) is 0 Å². The Hall–Kier alpha value is -2.74. The number of Topliss-reactive ketones (excluding diaryl/α,β-unsaturated/α-hetero) is 1. The average Bonchev–Trinajstić information content (AvgIpc) is 3.37. The Kier molecular flexibility index (Phi) is 7.42. The van der Waals surface area contributed by atoms with Gasteiger partial charge >= 0.3 is 0 Å². The summed E-state index contributed by atoms with van der Waals surface area (Å²) in [5.74, 6) is 2.22. The van der Waals surface area contributed by atoms with E-state index in [0.29, 0.717) is 18.3 Å². The standard InChI is InChI=1S/C25H33N5O2S/c1-17-13-22(18(2)29(17)3)23(31)16-33-25-28-27-24(30(25)20-10-6-5-7-11-20)15-26-19-9-8-12-21(14-19)32-4/h8-9,12-14,20,26H,5-7,10-11,15-16H2,1-4H3. The number of carbonyl (C=O) groups excluding carboxylic acids is 1. The lowest BCUT2D eigenvalue weighted by Crippen LogP contribution is -2.18. The molecule has 0 aliphatic heterocycles. The van der Waals surface area contributed by atoms with E-state index in [2.05, 4.69) is 24.6 Å². The third kappa shape index (κ3) is 5.27. The van der Waals surface area contributed by atoms with Crippen molar-refractivity contribution >= 4 is 23.2 Å². The highest BCUT2D eigenvalue weighted by atomic mass is 32.2. The summed E-state index contributed by atoms with van der Waals surface area (Å²) in [6.07, 6.45) is 5.98. The van der Waals surface area contributed by atoms with Crippen molar-refractivity contribution in [3.8, 4) is 5.75 Å². The molecule has 0 radical (unpaired) electrons. The van der Waals surface area contributed by atoms with E-state index < -0.39 is 0 Å². The van der Waals surface area contributed by atoms with Crippen molar-refractivity contribution in [3.05, 3.63) is 53.1 Å². The Bertz CT molecular complexity index is 1110. The number of thioether (sulfide) groups is 1. The van der Waals surface area contributed by atoms with Gasteiger partial charge in [0.1, 0.15) is 5.75 Å². The van der Waals surface area contributed by atoms with Crippen molar-refractivity contribution in [2.24, 2.45) is 7.05 Å². The van der Waals surface area contributed by atoms with Crippen LogP contribution in [-0.2, 0) is 13.6 Å². The molecule has 0 spiro atoms. The smallest absolute Gasteiger partial charge is 0.191 e. The number of aromatic nitrogens is 4. The number of nitrogens with one attached hydrogen (secondary N) is 1. The summed E-state index contributed by atoms with van der Waals surface area (Å²) in [7, 11) is 3.66. The third-order valence-corrected chi connectivity index (χ3v) is 7.55. The summed E-state index contributed by atoms with van der Waals surface area (Å²) in [6.45, 7) is 4.60. The van der Waals surface area contributed by atoms with Crippen LogP contribution in [0.4, 0.5) is 5.69 Å². The number of aryl methyl sites for hydroxylation is 1. The second kappa shape index (κ2) is 10.5. The van der Waals surface area contributed by atoms with Crippen LogP contribution in [0.2, 0.25) is 0 Å². The number of ketones is 1. The first kappa shape index (κ1) is 23.4. The third-order valence-electron chi connectivity index (χ3n) is 6.60. The number of benzene rings is 1. The van der Waals surface area contributed by atoms with E-state index >= 15 is 0 Å². The molecule has 0 saturated heterocycles. The van der Waals surface area contributed by atoms with Crippen molar-refractivity contribution in [2.75, 3.05) is 18.2 Å². The molecule has 0 amide bonds. The van der Waals surface area contributed by atoms with Gasteiger partial charge in [-0.25, -0.2) is 0 Å². The maximum Gasteiger partial charge on any atom is 0.191 e. The minimum Gasteiger partial charge on any atom is -0.497 e. The molecule has 1 fully saturated rings. The summed E-state index contributed by atoms with van der Waals surface area (Å²) in [6, 6.07) is 10.2. The molecular formula is C25H33N5O2S. The molecule has 3 aromatic rings. The molecule has 0 unspecified atom stereocenters. The van der Waals surface area contributed by atoms with Gasteiger partial charge in [0.15, 0.2) is 16.8 Å². The summed E-state index contributed by atoms with van der Waals surface area (Å²) in [5.41, 5.74) is 3.88. The molecule has 1 saturated carbocycles. The predicted octanol–water partition coefficient (Wildman–Crippen LogP) is 5.33.